The Balaban J connectivity index is 1.52. The molecule has 1 fully saturated rings. The molecule has 2 aromatic rings. The topological polar surface area (TPSA) is 97.8 Å². The van der Waals surface area contributed by atoms with Crippen LogP contribution in [0.25, 0.3) is 0 Å². The minimum Gasteiger partial charge on any atom is -0.446 e. The first-order valence-electron chi connectivity index (χ1n) is 8.67. The summed E-state index contributed by atoms with van der Waals surface area (Å²) in [6, 6.07) is 13.1. The maximum Gasteiger partial charge on any atom is 0.287 e. The first kappa shape index (κ1) is 18.2. The van der Waals surface area contributed by atoms with E-state index in [0.29, 0.717) is 13.2 Å². The highest BCUT2D eigenvalue weighted by Gasteiger charge is 2.21. The Morgan fingerprint density at radius 1 is 1.15 bits per heavy atom. The molecule has 7 nitrogen and oxygen atoms in total. The van der Waals surface area contributed by atoms with Crippen molar-refractivity contribution in [3.05, 3.63) is 59.5 Å². The number of hydrogen-bond acceptors (Lipinski definition) is 5. The van der Waals surface area contributed by atoms with Gasteiger partial charge < -0.3 is 20.2 Å². The predicted octanol–water partition coefficient (Wildman–Crippen LogP) is 1.40. The van der Waals surface area contributed by atoms with Crippen molar-refractivity contribution in [2.75, 3.05) is 26.2 Å². The molecule has 7 heteroatoms. The second kappa shape index (κ2) is 8.64. The fraction of sp³-hybridized carbons (Fsp3) is 0.368. The van der Waals surface area contributed by atoms with E-state index in [1.807, 2.05) is 18.2 Å². The van der Waals surface area contributed by atoms with Crippen LogP contribution < -0.4 is 11.1 Å². The van der Waals surface area contributed by atoms with Gasteiger partial charge in [-0.2, -0.15) is 0 Å². The molecule has 3 N–H and O–H groups in total. The molecule has 0 saturated carbocycles. The lowest BCUT2D eigenvalue weighted by Crippen LogP contribution is -2.39. The lowest BCUT2D eigenvalue weighted by Gasteiger charge is -2.23. The van der Waals surface area contributed by atoms with E-state index in [4.69, 9.17) is 14.9 Å². The van der Waals surface area contributed by atoms with Gasteiger partial charge in [-0.3, -0.25) is 14.5 Å². The van der Waals surface area contributed by atoms with Gasteiger partial charge in [-0.15, -0.1) is 0 Å². The number of ether oxygens (including phenoxy) is 1. The number of nitrogens with two attached hydrogens (primary N) is 1. The molecule has 2 amide bonds. The summed E-state index contributed by atoms with van der Waals surface area (Å²) in [6.45, 7) is 3.59. The molecule has 0 spiro atoms. The van der Waals surface area contributed by atoms with E-state index in [-0.39, 0.29) is 23.5 Å². The number of nitrogens with one attached hydrogen (secondary N) is 1. The highest BCUT2D eigenvalue weighted by atomic mass is 16.5. The van der Waals surface area contributed by atoms with E-state index in [9.17, 15) is 9.59 Å². The summed E-state index contributed by atoms with van der Waals surface area (Å²) in [6.07, 6.45) is 0.855. The third kappa shape index (κ3) is 4.93. The van der Waals surface area contributed by atoms with E-state index in [1.165, 1.54) is 17.7 Å². The van der Waals surface area contributed by atoms with Crippen LogP contribution in [0.15, 0.2) is 46.9 Å². The predicted molar refractivity (Wildman–Crippen MR) is 95.6 cm³/mol. The van der Waals surface area contributed by atoms with Crippen LogP contribution in [0.2, 0.25) is 0 Å². The number of carbonyl (C=O) groups is 2. The Hall–Kier alpha value is -2.64. The number of nitrogens with zero attached hydrogens (tertiary/aromatic N) is 1. The average molecular weight is 357 g/mol. The fourth-order valence-corrected chi connectivity index (χ4v) is 2.96. The third-order valence-corrected chi connectivity index (χ3v) is 4.25. The third-order valence-electron chi connectivity index (χ3n) is 4.25. The Kier molecular flexibility index (Phi) is 6.04. The van der Waals surface area contributed by atoms with E-state index in [0.717, 1.165) is 26.1 Å². The van der Waals surface area contributed by atoms with Crippen molar-refractivity contribution in [1.82, 2.24) is 10.2 Å². The van der Waals surface area contributed by atoms with Crippen LogP contribution in [0.4, 0.5) is 0 Å². The first-order chi connectivity index (χ1) is 12.6. The zero-order valence-corrected chi connectivity index (χ0v) is 14.5. The quantitative estimate of drug-likeness (QED) is 0.814. The summed E-state index contributed by atoms with van der Waals surface area (Å²) in [4.78, 5) is 25.5. The molecular formula is C19H23N3O4. The smallest absolute Gasteiger partial charge is 0.287 e. The summed E-state index contributed by atoms with van der Waals surface area (Å²) in [5, 5.41) is 2.80. The summed E-state index contributed by atoms with van der Waals surface area (Å²) in [5.74, 6) is -1.06. The van der Waals surface area contributed by atoms with Crippen LogP contribution >= 0.6 is 0 Å². The zero-order chi connectivity index (χ0) is 18.4. The molecule has 1 atom stereocenters. The maximum absolute atomic E-state index is 12.2. The lowest BCUT2D eigenvalue weighted by atomic mass is 10.2. The van der Waals surface area contributed by atoms with Crippen LogP contribution in [0.5, 0.6) is 0 Å². The average Bonchev–Trinajstić information content (AvgIpc) is 3.04. The molecule has 0 radical (unpaired) electrons. The maximum atomic E-state index is 12.2. The largest absolute Gasteiger partial charge is 0.446 e. The number of rotatable bonds is 6. The van der Waals surface area contributed by atoms with E-state index in [2.05, 4.69) is 22.3 Å². The number of benzene rings is 1. The van der Waals surface area contributed by atoms with E-state index in [1.54, 1.807) is 0 Å². The van der Waals surface area contributed by atoms with Crippen LogP contribution in [0.1, 0.15) is 33.1 Å². The summed E-state index contributed by atoms with van der Waals surface area (Å²) in [5.41, 5.74) is 6.38. The van der Waals surface area contributed by atoms with Crippen LogP contribution in [0.3, 0.4) is 0 Å². The van der Waals surface area contributed by atoms with Crippen molar-refractivity contribution in [1.29, 1.82) is 0 Å². The number of hydrogen-bond donors (Lipinski definition) is 2. The lowest BCUT2D eigenvalue weighted by molar-refractivity contribution is 0.0505. The molecule has 0 aliphatic carbocycles. The molecule has 0 bridgehead atoms. The number of amides is 2. The van der Waals surface area contributed by atoms with Gasteiger partial charge in [0.15, 0.2) is 11.5 Å². The Bertz CT molecular complexity index is 744. The molecule has 3 rings (SSSR count). The molecule has 26 heavy (non-hydrogen) atoms. The molecular weight excluding hydrogens is 334 g/mol. The van der Waals surface area contributed by atoms with Crippen molar-refractivity contribution in [3.8, 4) is 0 Å². The molecule has 1 aliphatic rings. The van der Waals surface area contributed by atoms with Crippen molar-refractivity contribution in [2.45, 2.75) is 19.1 Å². The van der Waals surface area contributed by atoms with Crippen LogP contribution in [0, 0.1) is 0 Å². The molecule has 1 saturated heterocycles. The number of furan rings is 1. The van der Waals surface area contributed by atoms with Crippen molar-refractivity contribution >= 4 is 11.8 Å². The van der Waals surface area contributed by atoms with E-state index >= 15 is 0 Å². The Labute approximate surface area is 152 Å². The summed E-state index contributed by atoms with van der Waals surface area (Å²) >= 11 is 0. The van der Waals surface area contributed by atoms with Gasteiger partial charge in [-0.1, -0.05) is 30.3 Å². The minimum atomic E-state index is -0.701. The molecule has 1 aromatic heterocycles. The summed E-state index contributed by atoms with van der Waals surface area (Å²) in [7, 11) is 0. The van der Waals surface area contributed by atoms with Crippen molar-refractivity contribution < 1.29 is 18.7 Å². The van der Waals surface area contributed by atoms with Crippen LogP contribution in [-0.4, -0.2) is 49.1 Å². The Morgan fingerprint density at radius 2 is 1.92 bits per heavy atom. The standard InChI is InChI=1S/C19H23N3O4/c20-18(23)16-7-8-17(26-16)19(24)21-11-15-13-22(9-4-10-25-15)12-14-5-2-1-3-6-14/h1-3,5-8,15H,4,9-13H2,(H2,20,23)(H,21,24). The highest BCUT2D eigenvalue weighted by Crippen LogP contribution is 2.11. The number of primary amides is 1. The SMILES string of the molecule is NC(=O)c1ccc(C(=O)NCC2CN(Cc3ccccc3)CCCO2)o1. The van der Waals surface area contributed by atoms with Gasteiger partial charge in [0.05, 0.1) is 6.10 Å². The minimum absolute atomic E-state index is 0.0325. The number of carbonyl (C=O) groups excluding carboxylic acids is 2. The van der Waals surface area contributed by atoms with Gasteiger partial charge in [-0.05, 0) is 24.1 Å². The summed E-state index contributed by atoms with van der Waals surface area (Å²) < 4.78 is 11.0. The Morgan fingerprint density at radius 3 is 2.65 bits per heavy atom. The van der Waals surface area contributed by atoms with Gasteiger partial charge in [-0.25, -0.2) is 0 Å². The van der Waals surface area contributed by atoms with Crippen LogP contribution in [-0.2, 0) is 11.3 Å². The van der Waals surface area contributed by atoms with Gasteiger partial charge in [0, 0.05) is 32.8 Å². The zero-order valence-electron chi connectivity index (χ0n) is 14.5. The van der Waals surface area contributed by atoms with Gasteiger partial charge >= 0.3 is 0 Å². The molecule has 138 valence electrons. The van der Waals surface area contributed by atoms with Gasteiger partial charge in [0.25, 0.3) is 11.8 Å². The van der Waals surface area contributed by atoms with E-state index < -0.39 is 5.91 Å². The fourth-order valence-electron chi connectivity index (χ4n) is 2.96. The van der Waals surface area contributed by atoms with Gasteiger partial charge in [0.2, 0.25) is 0 Å². The van der Waals surface area contributed by atoms with Crippen molar-refractivity contribution in [2.24, 2.45) is 5.73 Å². The molecule has 1 aromatic carbocycles. The first-order valence-corrected chi connectivity index (χ1v) is 8.67. The molecule has 1 aliphatic heterocycles. The monoisotopic (exact) mass is 357 g/mol. The van der Waals surface area contributed by atoms with Crippen molar-refractivity contribution in [3.63, 3.8) is 0 Å². The highest BCUT2D eigenvalue weighted by molar-refractivity contribution is 5.94. The normalized spacial score (nSPS) is 18.2. The second-order valence-corrected chi connectivity index (χ2v) is 6.31. The van der Waals surface area contributed by atoms with Gasteiger partial charge in [0.1, 0.15) is 0 Å². The second-order valence-electron chi connectivity index (χ2n) is 6.31. The molecule has 1 unspecified atom stereocenters. The molecule has 2 heterocycles.